The van der Waals surface area contributed by atoms with Gasteiger partial charge in [-0.2, -0.15) is 0 Å². The van der Waals surface area contributed by atoms with Crippen molar-refractivity contribution >= 4 is 35.0 Å². The summed E-state index contributed by atoms with van der Waals surface area (Å²) in [5.41, 5.74) is 1.32. The number of benzene rings is 1. The van der Waals surface area contributed by atoms with Crippen LogP contribution in [0.25, 0.3) is 0 Å². The van der Waals surface area contributed by atoms with Crippen molar-refractivity contribution < 1.29 is 19.8 Å². The molecule has 0 fully saturated rings. The van der Waals surface area contributed by atoms with E-state index in [1.807, 2.05) is 32.0 Å². The molecular formula is C23H38MgO4. The molecule has 156 valence electrons. The zero-order chi connectivity index (χ0) is 21.1. The number of unbranched alkanes of at least 4 members (excludes halogenated alkanes) is 2. The topological polar surface area (TPSA) is 80.3 Å². The van der Waals surface area contributed by atoms with E-state index in [1.165, 1.54) is 5.56 Å². The van der Waals surface area contributed by atoms with E-state index in [0.717, 1.165) is 38.5 Å². The summed E-state index contributed by atoms with van der Waals surface area (Å²) in [5, 5.41) is 20.7. The van der Waals surface area contributed by atoms with Crippen LogP contribution in [-0.4, -0.2) is 35.0 Å². The molecule has 5 heteroatoms. The number of carbonyl (C=O) groups is 2. The van der Waals surface area contributed by atoms with Gasteiger partial charge in [0.25, 0.3) is 0 Å². The Bertz CT molecular complexity index is 451. The van der Waals surface area contributed by atoms with Crippen LogP contribution in [0.3, 0.4) is 0 Å². The second-order valence-corrected chi connectivity index (χ2v) is 6.79. The molecule has 0 N–H and O–H groups in total. The normalized spacial score (nSPS) is 11.5. The van der Waals surface area contributed by atoms with Crippen molar-refractivity contribution in [1.29, 1.82) is 0 Å². The van der Waals surface area contributed by atoms with Crippen molar-refractivity contribution in [2.24, 2.45) is 11.8 Å². The molecule has 2 atom stereocenters. The SMILES string of the molecule is CCCCC(CC)C(=O)[O-].CCCCC(CC)C(=O)[O-].Cc1ccccc1.[Mg+2]. The zero-order valence-corrected chi connectivity index (χ0v) is 20.0. The summed E-state index contributed by atoms with van der Waals surface area (Å²) in [4.78, 5) is 20.7. The fourth-order valence-electron chi connectivity index (χ4n) is 2.41. The van der Waals surface area contributed by atoms with Gasteiger partial charge in [-0.15, -0.1) is 0 Å². The number of carboxylic acids is 2. The van der Waals surface area contributed by atoms with Gasteiger partial charge in [-0.25, -0.2) is 0 Å². The van der Waals surface area contributed by atoms with Crippen molar-refractivity contribution in [3.8, 4) is 0 Å². The summed E-state index contributed by atoms with van der Waals surface area (Å²) < 4.78 is 0. The maximum atomic E-state index is 10.3. The van der Waals surface area contributed by atoms with Crippen LogP contribution >= 0.6 is 0 Å². The molecule has 0 bridgehead atoms. The summed E-state index contributed by atoms with van der Waals surface area (Å²) in [6, 6.07) is 10.3. The van der Waals surface area contributed by atoms with E-state index < -0.39 is 11.9 Å². The largest absolute Gasteiger partial charge is 2.00 e. The third-order valence-corrected chi connectivity index (χ3v) is 4.40. The smallest absolute Gasteiger partial charge is 0.550 e. The summed E-state index contributed by atoms with van der Waals surface area (Å²) in [5.74, 6) is -2.23. The van der Waals surface area contributed by atoms with Crippen LogP contribution in [0.5, 0.6) is 0 Å². The standard InChI is InChI=1S/2C8H16O2.C7H8.Mg/c2*1-3-5-6-7(4-2)8(9)10;1-7-5-3-2-4-6-7;/h2*7H,3-6H2,1-2H3,(H,9,10);2-6H,1H3;/q;;;+2/p-2. The number of carboxylic acid groups (broad SMARTS) is 2. The summed E-state index contributed by atoms with van der Waals surface area (Å²) in [7, 11) is 0. The fraction of sp³-hybridized carbons (Fsp3) is 0.652. The molecule has 0 aliphatic heterocycles. The summed E-state index contributed by atoms with van der Waals surface area (Å²) in [6.07, 6.45) is 7.04. The summed E-state index contributed by atoms with van der Waals surface area (Å²) in [6.45, 7) is 9.97. The molecule has 0 aliphatic rings. The average molecular weight is 403 g/mol. The molecule has 0 saturated heterocycles. The maximum absolute atomic E-state index is 10.3. The van der Waals surface area contributed by atoms with Crippen LogP contribution in [-0.2, 0) is 9.59 Å². The van der Waals surface area contributed by atoms with Crippen LogP contribution in [0.15, 0.2) is 30.3 Å². The van der Waals surface area contributed by atoms with E-state index in [9.17, 15) is 19.8 Å². The van der Waals surface area contributed by atoms with Gasteiger partial charge in [0, 0.05) is 11.9 Å². The predicted molar refractivity (Wildman–Crippen MR) is 114 cm³/mol. The Hall–Kier alpha value is -1.07. The van der Waals surface area contributed by atoms with Gasteiger partial charge in [0.2, 0.25) is 0 Å². The molecule has 0 heterocycles. The van der Waals surface area contributed by atoms with Gasteiger partial charge in [0.1, 0.15) is 0 Å². The molecule has 0 spiro atoms. The Morgan fingerprint density at radius 2 is 1.14 bits per heavy atom. The monoisotopic (exact) mass is 402 g/mol. The van der Waals surface area contributed by atoms with E-state index in [2.05, 4.69) is 32.9 Å². The van der Waals surface area contributed by atoms with Crippen LogP contribution in [0, 0.1) is 18.8 Å². The third kappa shape index (κ3) is 19.7. The molecule has 28 heavy (non-hydrogen) atoms. The molecular weight excluding hydrogens is 365 g/mol. The Morgan fingerprint density at radius 1 is 0.786 bits per heavy atom. The van der Waals surface area contributed by atoms with Crippen LogP contribution < -0.4 is 10.2 Å². The van der Waals surface area contributed by atoms with Crippen molar-refractivity contribution in [2.75, 3.05) is 0 Å². The van der Waals surface area contributed by atoms with Crippen LogP contribution in [0.1, 0.15) is 84.6 Å². The van der Waals surface area contributed by atoms with E-state index in [1.54, 1.807) is 0 Å². The van der Waals surface area contributed by atoms with E-state index in [0.29, 0.717) is 12.8 Å². The van der Waals surface area contributed by atoms with Gasteiger partial charge in [0.05, 0.1) is 0 Å². The number of carbonyl (C=O) groups excluding carboxylic acids is 2. The van der Waals surface area contributed by atoms with Gasteiger partial charge >= 0.3 is 23.1 Å². The van der Waals surface area contributed by atoms with Gasteiger partial charge in [-0.3, -0.25) is 0 Å². The second kappa shape index (κ2) is 22.2. The van der Waals surface area contributed by atoms with Crippen molar-refractivity contribution in [3.63, 3.8) is 0 Å². The second-order valence-electron chi connectivity index (χ2n) is 6.79. The Kier molecular flexibility index (Phi) is 25.1. The predicted octanol–water partition coefficient (Wildman–Crippen LogP) is 3.52. The van der Waals surface area contributed by atoms with Crippen molar-refractivity contribution in [3.05, 3.63) is 35.9 Å². The minimum Gasteiger partial charge on any atom is -0.550 e. The molecule has 4 nitrogen and oxygen atoms in total. The van der Waals surface area contributed by atoms with Crippen molar-refractivity contribution in [2.45, 2.75) is 86.0 Å². The van der Waals surface area contributed by atoms with Gasteiger partial charge < -0.3 is 19.8 Å². The molecule has 0 amide bonds. The van der Waals surface area contributed by atoms with E-state index >= 15 is 0 Å². The number of aliphatic carboxylic acids is 2. The number of aryl methyl sites for hydroxylation is 1. The van der Waals surface area contributed by atoms with Crippen molar-refractivity contribution in [1.82, 2.24) is 0 Å². The third-order valence-electron chi connectivity index (χ3n) is 4.40. The number of rotatable bonds is 10. The average Bonchev–Trinajstić information content (AvgIpc) is 2.64. The fourth-order valence-corrected chi connectivity index (χ4v) is 2.41. The molecule has 0 saturated carbocycles. The summed E-state index contributed by atoms with van der Waals surface area (Å²) >= 11 is 0. The first-order valence-electron chi connectivity index (χ1n) is 10.3. The minimum atomic E-state index is -0.893. The first kappa shape index (κ1) is 31.6. The molecule has 1 aromatic carbocycles. The van der Waals surface area contributed by atoms with E-state index in [-0.39, 0.29) is 34.9 Å². The Labute approximate surface area is 188 Å². The van der Waals surface area contributed by atoms with E-state index in [4.69, 9.17) is 0 Å². The zero-order valence-electron chi connectivity index (χ0n) is 18.5. The molecule has 0 aliphatic carbocycles. The van der Waals surface area contributed by atoms with Crippen LogP contribution in [0.4, 0.5) is 0 Å². The van der Waals surface area contributed by atoms with Crippen LogP contribution in [0.2, 0.25) is 0 Å². The minimum absolute atomic E-state index is 0. The maximum Gasteiger partial charge on any atom is 2.00 e. The molecule has 1 rings (SSSR count). The first-order chi connectivity index (χ1) is 12.8. The van der Waals surface area contributed by atoms with Gasteiger partial charge in [0.15, 0.2) is 0 Å². The number of hydrogen-bond acceptors (Lipinski definition) is 4. The number of hydrogen-bond donors (Lipinski definition) is 0. The first-order valence-corrected chi connectivity index (χ1v) is 10.3. The Balaban J connectivity index is -0.000000333. The van der Waals surface area contributed by atoms with Gasteiger partial charge in [-0.1, -0.05) is 89.3 Å². The molecule has 0 aromatic heterocycles. The molecule has 0 radical (unpaired) electrons. The Morgan fingerprint density at radius 3 is 1.32 bits per heavy atom. The quantitative estimate of drug-likeness (QED) is 0.561. The molecule has 1 aromatic rings. The van der Waals surface area contributed by atoms with Gasteiger partial charge in [-0.05, 0) is 44.4 Å². The molecule has 2 unspecified atom stereocenters.